The summed E-state index contributed by atoms with van der Waals surface area (Å²) >= 11 is 0. The maximum Gasteiger partial charge on any atom is 0.179 e. The molecule has 132 valence electrons. The SMILES string of the molecule is CN1C=CC(c2ccncn2)=NC1N1CCC=C(c2ccc(F)cc2)C1. The van der Waals surface area contributed by atoms with E-state index in [1.165, 1.54) is 24.0 Å². The molecule has 0 saturated heterocycles. The summed E-state index contributed by atoms with van der Waals surface area (Å²) in [4.78, 5) is 17.6. The summed E-state index contributed by atoms with van der Waals surface area (Å²) in [5, 5.41) is 0. The van der Waals surface area contributed by atoms with Crippen molar-refractivity contribution in [3.63, 3.8) is 0 Å². The second-order valence-corrected chi connectivity index (χ2v) is 6.43. The van der Waals surface area contributed by atoms with Crippen LogP contribution in [0.25, 0.3) is 5.57 Å². The zero-order valence-corrected chi connectivity index (χ0v) is 14.6. The van der Waals surface area contributed by atoms with Gasteiger partial charge in [0.1, 0.15) is 12.1 Å². The molecule has 26 heavy (non-hydrogen) atoms. The fourth-order valence-corrected chi connectivity index (χ4v) is 3.29. The Kier molecular flexibility index (Phi) is 4.58. The Hall–Kier alpha value is -2.86. The molecule has 2 aromatic rings. The molecular weight excluding hydrogens is 329 g/mol. The average Bonchev–Trinajstić information content (AvgIpc) is 2.70. The first-order valence-corrected chi connectivity index (χ1v) is 8.64. The third-order valence-electron chi connectivity index (χ3n) is 4.65. The van der Waals surface area contributed by atoms with E-state index in [4.69, 9.17) is 4.99 Å². The van der Waals surface area contributed by atoms with E-state index >= 15 is 0 Å². The molecule has 6 heteroatoms. The zero-order valence-electron chi connectivity index (χ0n) is 14.6. The lowest BCUT2D eigenvalue weighted by atomic mass is 10.0. The third-order valence-corrected chi connectivity index (χ3v) is 4.65. The number of hydrogen-bond acceptors (Lipinski definition) is 5. The summed E-state index contributed by atoms with van der Waals surface area (Å²) in [7, 11) is 2.03. The molecule has 3 heterocycles. The molecule has 1 unspecified atom stereocenters. The van der Waals surface area contributed by atoms with Crippen LogP contribution in [0.2, 0.25) is 0 Å². The van der Waals surface area contributed by atoms with Gasteiger partial charge >= 0.3 is 0 Å². The quantitative estimate of drug-likeness (QED) is 0.855. The monoisotopic (exact) mass is 349 g/mol. The van der Waals surface area contributed by atoms with Gasteiger partial charge in [-0.2, -0.15) is 0 Å². The number of aromatic nitrogens is 2. The van der Waals surface area contributed by atoms with Gasteiger partial charge in [-0.3, -0.25) is 4.90 Å². The van der Waals surface area contributed by atoms with E-state index in [-0.39, 0.29) is 12.1 Å². The first-order valence-electron chi connectivity index (χ1n) is 8.64. The van der Waals surface area contributed by atoms with E-state index in [9.17, 15) is 4.39 Å². The largest absolute Gasteiger partial charge is 0.347 e. The van der Waals surface area contributed by atoms with Gasteiger partial charge in [0, 0.05) is 32.5 Å². The lowest BCUT2D eigenvalue weighted by Crippen LogP contribution is -2.47. The fraction of sp³-hybridized carbons (Fsp3) is 0.250. The first kappa shape index (κ1) is 16.6. The van der Waals surface area contributed by atoms with Crippen LogP contribution in [0.1, 0.15) is 17.7 Å². The maximum atomic E-state index is 13.2. The number of aliphatic imine (C=N–C) groups is 1. The van der Waals surface area contributed by atoms with Gasteiger partial charge in [-0.15, -0.1) is 0 Å². The van der Waals surface area contributed by atoms with Crippen LogP contribution in [0.3, 0.4) is 0 Å². The first-order chi connectivity index (χ1) is 12.7. The summed E-state index contributed by atoms with van der Waals surface area (Å²) in [6.07, 6.45) is 10.4. The van der Waals surface area contributed by atoms with Crippen molar-refractivity contribution < 1.29 is 4.39 Å². The second kappa shape index (κ2) is 7.17. The lowest BCUT2D eigenvalue weighted by molar-refractivity contribution is 0.111. The Morgan fingerprint density at radius 1 is 1.15 bits per heavy atom. The van der Waals surface area contributed by atoms with Gasteiger partial charge in [-0.05, 0) is 41.8 Å². The maximum absolute atomic E-state index is 13.2. The molecule has 4 rings (SSSR count). The van der Waals surface area contributed by atoms with Crippen molar-refractivity contribution in [1.29, 1.82) is 0 Å². The highest BCUT2D eigenvalue weighted by atomic mass is 19.1. The molecule has 0 spiro atoms. The number of nitrogens with zero attached hydrogens (tertiary/aromatic N) is 5. The molecule has 0 N–H and O–H groups in total. The molecular formula is C20H20FN5. The van der Waals surface area contributed by atoms with Crippen LogP contribution >= 0.6 is 0 Å². The number of benzene rings is 1. The summed E-state index contributed by atoms with van der Waals surface area (Å²) in [6.45, 7) is 1.70. The molecule has 2 aliphatic rings. The van der Waals surface area contributed by atoms with E-state index < -0.39 is 0 Å². The molecule has 1 atom stereocenters. The summed E-state index contributed by atoms with van der Waals surface area (Å²) < 4.78 is 13.2. The van der Waals surface area contributed by atoms with Crippen molar-refractivity contribution in [3.05, 3.63) is 78.3 Å². The Morgan fingerprint density at radius 3 is 2.77 bits per heavy atom. The molecule has 0 bridgehead atoms. The van der Waals surface area contributed by atoms with Crippen LogP contribution in [-0.2, 0) is 0 Å². The Bertz CT molecular complexity index is 858. The van der Waals surface area contributed by atoms with Crippen molar-refractivity contribution in [3.8, 4) is 0 Å². The van der Waals surface area contributed by atoms with Gasteiger partial charge in [0.15, 0.2) is 6.29 Å². The minimum Gasteiger partial charge on any atom is -0.347 e. The van der Waals surface area contributed by atoms with Gasteiger partial charge < -0.3 is 4.90 Å². The number of rotatable bonds is 3. The van der Waals surface area contributed by atoms with Crippen molar-refractivity contribution in [1.82, 2.24) is 19.8 Å². The zero-order chi connectivity index (χ0) is 17.9. The van der Waals surface area contributed by atoms with Gasteiger partial charge in [0.25, 0.3) is 0 Å². The van der Waals surface area contributed by atoms with Crippen LogP contribution in [0, 0.1) is 5.82 Å². The van der Waals surface area contributed by atoms with E-state index in [1.54, 1.807) is 6.20 Å². The topological polar surface area (TPSA) is 44.6 Å². The fourth-order valence-electron chi connectivity index (χ4n) is 3.29. The van der Waals surface area contributed by atoms with Crippen LogP contribution in [0.4, 0.5) is 4.39 Å². The molecule has 5 nitrogen and oxygen atoms in total. The second-order valence-electron chi connectivity index (χ2n) is 6.43. The minimum absolute atomic E-state index is 0.0888. The number of halogens is 1. The smallest absolute Gasteiger partial charge is 0.179 e. The predicted molar refractivity (Wildman–Crippen MR) is 99.8 cm³/mol. The van der Waals surface area contributed by atoms with Crippen molar-refractivity contribution in [2.24, 2.45) is 4.99 Å². The van der Waals surface area contributed by atoms with Crippen molar-refractivity contribution >= 4 is 11.3 Å². The van der Waals surface area contributed by atoms with E-state index in [2.05, 4.69) is 25.8 Å². The Morgan fingerprint density at radius 2 is 2.00 bits per heavy atom. The predicted octanol–water partition coefficient (Wildman–Crippen LogP) is 2.94. The van der Waals surface area contributed by atoms with Crippen LogP contribution < -0.4 is 0 Å². The van der Waals surface area contributed by atoms with Crippen LogP contribution in [0.15, 0.2) is 66.2 Å². The van der Waals surface area contributed by atoms with Crippen molar-refractivity contribution in [2.75, 3.05) is 20.1 Å². The number of allylic oxidation sites excluding steroid dienone is 1. The van der Waals surface area contributed by atoms with E-state index in [1.807, 2.05) is 37.5 Å². The summed E-state index contributed by atoms with van der Waals surface area (Å²) in [5.74, 6) is -0.210. The highest BCUT2D eigenvalue weighted by Crippen LogP contribution is 2.25. The summed E-state index contributed by atoms with van der Waals surface area (Å²) in [6, 6.07) is 8.56. The highest BCUT2D eigenvalue weighted by Gasteiger charge is 2.26. The van der Waals surface area contributed by atoms with Gasteiger partial charge in [0.05, 0.1) is 11.4 Å². The lowest BCUT2D eigenvalue weighted by Gasteiger charge is -2.38. The molecule has 0 aliphatic carbocycles. The molecule has 1 aromatic carbocycles. The molecule has 2 aliphatic heterocycles. The van der Waals surface area contributed by atoms with Gasteiger partial charge in [-0.1, -0.05) is 18.2 Å². The molecule has 0 fully saturated rings. The number of hydrogen-bond donors (Lipinski definition) is 0. The van der Waals surface area contributed by atoms with Gasteiger partial charge in [0.2, 0.25) is 0 Å². The standard InChI is InChI=1S/C20H20FN5/c1-25-12-9-19(18-8-10-22-14-23-18)24-20(25)26-11-2-3-16(13-26)15-4-6-17(21)7-5-15/h3-10,12,14,20H,2,11,13H2,1H3. The normalized spacial score (nSPS) is 20.7. The molecule has 1 aromatic heterocycles. The average molecular weight is 349 g/mol. The Labute approximate surface area is 152 Å². The Balaban J connectivity index is 1.56. The molecule has 0 amide bonds. The molecule has 0 saturated carbocycles. The summed E-state index contributed by atoms with van der Waals surface area (Å²) in [5.41, 5.74) is 3.94. The highest BCUT2D eigenvalue weighted by molar-refractivity contribution is 6.07. The van der Waals surface area contributed by atoms with Crippen molar-refractivity contribution in [2.45, 2.75) is 12.7 Å². The van der Waals surface area contributed by atoms with E-state index in [0.29, 0.717) is 0 Å². The van der Waals surface area contributed by atoms with Crippen LogP contribution in [0.5, 0.6) is 0 Å². The third kappa shape index (κ3) is 3.41. The van der Waals surface area contributed by atoms with E-state index in [0.717, 1.165) is 36.5 Å². The molecule has 0 radical (unpaired) electrons. The van der Waals surface area contributed by atoms with Crippen LogP contribution in [-0.4, -0.2) is 51.9 Å². The minimum atomic E-state index is -0.210. The van der Waals surface area contributed by atoms with Gasteiger partial charge in [-0.25, -0.2) is 19.4 Å².